The summed E-state index contributed by atoms with van der Waals surface area (Å²) >= 11 is 0. The Morgan fingerprint density at radius 2 is 0.814 bits per heavy atom. The molecule has 2 nitrogen and oxygen atoms in total. The number of hydrogen-bond donors (Lipinski definition) is 1. The quantitative estimate of drug-likeness (QED) is 0.0592. The molecule has 1 atom stereocenters. The molecule has 0 bridgehead atoms. The summed E-state index contributed by atoms with van der Waals surface area (Å²) in [4.78, 5) is 11.5. The second-order valence-electron chi connectivity index (χ2n) is 12.9. The minimum Gasteiger partial charge on any atom is -0.328 e. The van der Waals surface area contributed by atoms with E-state index in [-0.39, 0.29) is 0 Å². The summed E-state index contributed by atoms with van der Waals surface area (Å²) in [6.45, 7) is 4.34. The molecule has 0 aromatic heterocycles. The number of rotatable bonds is 34. The second kappa shape index (κ2) is 36.8. The maximum atomic E-state index is 11.5. The lowest BCUT2D eigenvalue weighted by atomic mass is 10.0. The normalized spacial score (nSPS) is 13.0. The van der Waals surface area contributed by atoms with Gasteiger partial charge in [0.05, 0.1) is 0 Å². The van der Waals surface area contributed by atoms with Crippen molar-refractivity contribution >= 4 is 5.78 Å². The van der Waals surface area contributed by atoms with Crippen LogP contribution in [0.4, 0.5) is 0 Å². The molecule has 0 fully saturated rings. The van der Waals surface area contributed by atoms with Crippen LogP contribution in [0, 0.1) is 0 Å². The Morgan fingerprint density at radius 3 is 1.23 bits per heavy atom. The van der Waals surface area contributed by atoms with Gasteiger partial charge in [-0.3, -0.25) is 4.79 Å². The number of carbonyl (C=O) groups excluding carboxylic acids is 1. The Bertz CT molecular complexity index is 673. The Morgan fingerprint density at radius 1 is 0.442 bits per heavy atom. The van der Waals surface area contributed by atoms with Crippen LogP contribution in [0.5, 0.6) is 0 Å². The summed E-state index contributed by atoms with van der Waals surface area (Å²) in [7, 11) is 0. The molecule has 0 aliphatic carbocycles. The number of hydrogen-bond acceptors (Lipinski definition) is 2. The molecule has 0 aliphatic heterocycles. The van der Waals surface area contributed by atoms with Gasteiger partial charge in [0, 0.05) is 18.9 Å². The van der Waals surface area contributed by atoms with Gasteiger partial charge in [0.15, 0.2) is 0 Å². The van der Waals surface area contributed by atoms with E-state index in [1.165, 1.54) is 141 Å². The first-order chi connectivity index (χ1) is 21.2. The van der Waals surface area contributed by atoms with Crippen LogP contribution in [0.3, 0.4) is 0 Å². The number of carbonyl (C=O) groups is 1. The van der Waals surface area contributed by atoms with Gasteiger partial charge in [0.25, 0.3) is 0 Å². The summed E-state index contributed by atoms with van der Waals surface area (Å²) in [5, 5.41) is 0. The molecule has 0 aliphatic rings. The van der Waals surface area contributed by atoms with Crippen molar-refractivity contribution in [3.63, 3.8) is 0 Å². The van der Waals surface area contributed by atoms with Crippen molar-refractivity contribution in [3.8, 4) is 0 Å². The van der Waals surface area contributed by atoms with Gasteiger partial charge in [-0.05, 0) is 89.9 Å². The number of ketones is 1. The molecule has 0 aromatic rings. The zero-order chi connectivity index (χ0) is 31.3. The zero-order valence-electron chi connectivity index (χ0n) is 29.2. The van der Waals surface area contributed by atoms with E-state index in [0.29, 0.717) is 11.8 Å². The lowest BCUT2D eigenvalue weighted by Crippen LogP contribution is -2.19. The predicted molar refractivity (Wildman–Crippen MR) is 195 cm³/mol. The van der Waals surface area contributed by atoms with E-state index in [9.17, 15) is 4.79 Å². The van der Waals surface area contributed by atoms with Crippen LogP contribution in [0.2, 0.25) is 0 Å². The van der Waals surface area contributed by atoms with Crippen molar-refractivity contribution in [1.82, 2.24) is 0 Å². The van der Waals surface area contributed by atoms with E-state index in [2.05, 4.69) is 62.5 Å². The van der Waals surface area contributed by atoms with Crippen molar-refractivity contribution in [1.29, 1.82) is 0 Å². The number of allylic oxidation sites excluding steroid dienone is 8. The molecule has 0 saturated heterocycles. The van der Waals surface area contributed by atoms with Crippen molar-refractivity contribution in [3.05, 3.63) is 48.6 Å². The fourth-order valence-corrected chi connectivity index (χ4v) is 5.59. The van der Waals surface area contributed by atoms with Crippen molar-refractivity contribution in [2.45, 2.75) is 206 Å². The first-order valence-corrected chi connectivity index (χ1v) is 19.1. The third-order valence-corrected chi connectivity index (χ3v) is 8.43. The molecular weight excluding hydrogens is 522 g/mol. The smallest absolute Gasteiger partial charge is 0.132 e. The SMILES string of the molecule is CCCCC/C=C\C/C=C\CCCCCCCCC(N)CCCCCCCC/C=C\C/C=C\CCCCCC(=O)CCC. The van der Waals surface area contributed by atoms with Crippen molar-refractivity contribution < 1.29 is 4.79 Å². The van der Waals surface area contributed by atoms with Crippen LogP contribution in [-0.2, 0) is 4.79 Å². The largest absolute Gasteiger partial charge is 0.328 e. The minimum atomic E-state index is 0.422. The summed E-state index contributed by atoms with van der Waals surface area (Å²) in [5.74, 6) is 0.441. The van der Waals surface area contributed by atoms with Gasteiger partial charge in [0.1, 0.15) is 5.78 Å². The van der Waals surface area contributed by atoms with Crippen molar-refractivity contribution in [2.75, 3.05) is 0 Å². The lowest BCUT2D eigenvalue weighted by Gasteiger charge is -2.11. The van der Waals surface area contributed by atoms with Crippen LogP contribution < -0.4 is 5.73 Å². The average Bonchev–Trinajstić information content (AvgIpc) is 3.00. The molecule has 2 heteroatoms. The second-order valence-corrected chi connectivity index (χ2v) is 12.9. The third kappa shape index (κ3) is 36.7. The number of Topliss-reactive ketones (excluding diaryl/α,β-unsaturated/α-hetero) is 1. The van der Waals surface area contributed by atoms with Crippen LogP contribution >= 0.6 is 0 Å². The molecule has 1 unspecified atom stereocenters. The van der Waals surface area contributed by atoms with Crippen LogP contribution in [0.1, 0.15) is 200 Å². The van der Waals surface area contributed by atoms with Gasteiger partial charge in [-0.25, -0.2) is 0 Å². The lowest BCUT2D eigenvalue weighted by molar-refractivity contribution is -0.119. The molecule has 0 heterocycles. The molecule has 0 amide bonds. The number of nitrogens with two attached hydrogens (primary N) is 1. The highest BCUT2D eigenvalue weighted by molar-refractivity contribution is 5.78. The van der Waals surface area contributed by atoms with Crippen molar-refractivity contribution in [2.24, 2.45) is 5.73 Å². The minimum absolute atomic E-state index is 0.422. The van der Waals surface area contributed by atoms with E-state index >= 15 is 0 Å². The van der Waals surface area contributed by atoms with E-state index in [4.69, 9.17) is 5.73 Å². The van der Waals surface area contributed by atoms with E-state index in [1.54, 1.807) is 0 Å². The highest BCUT2D eigenvalue weighted by Crippen LogP contribution is 2.14. The fourth-order valence-electron chi connectivity index (χ4n) is 5.59. The molecular formula is C41H75NO. The molecule has 0 rings (SSSR count). The topological polar surface area (TPSA) is 43.1 Å². The summed E-state index contributed by atoms with van der Waals surface area (Å²) in [6.07, 6.45) is 54.4. The summed E-state index contributed by atoms with van der Waals surface area (Å²) in [5.41, 5.74) is 6.38. The maximum Gasteiger partial charge on any atom is 0.132 e. The first kappa shape index (κ1) is 41.6. The van der Waals surface area contributed by atoms with E-state index in [1.807, 2.05) is 0 Å². The van der Waals surface area contributed by atoms with Gasteiger partial charge in [0.2, 0.25) is 0 Å². The molecule has 0 aromatic carbocycles. The van der Waals surface area contributed by atoms with E-state index in [0.717, 1.165) is 44.9 Å². The van der Waals surface area contributed by atoms with Gasteiger partial charge in [-0.1, -0.05) is 146 Å². The third-order valence-electron chi connectivity index (χ3n) is 8.43. The molecule has 0 saturated carbocycles. The fraction of sp³-hybridized carbons (Fsp3) is 0.780. The predicted octanol–water partition coefficient (Wildman–Crippen LogP) is 13.5. The van der Waals surface area contributed by atoms with E-state index < -0.39 is 0 Å². The summed E-state index contributed by atoms with van der Waals surface area (Å²) < 4.78 is 0. The Balaban J connectivity index is 3.32. The van der Waals surface area contributed by atoms with Crippen LogP contribution in [-0.4, -0.2) is 11.8 Å². The molecule has 43 heavy (non-hydrogen) atoms. The average molecular weight is 598 g/mol. The molecule has 0 spiro atoms. The maximum absolute atomic E-state index is 11.5. The highest BCUT2D eigenvalue weighted by atomic mass is 16.1. The Hall–Kier alpha value is -1.41. The molecule has 250 valence electrons. The van der Waals surface area contributed by atoms with Gasteiger partial charge in [-0.2, -0.15) is 0 Å². The standard InChI is InChI=1S/C41H75NO/c1-3-5-6-7-8-9-10-11-12-15-18-21-24-27-30-33-37-40(42)38-34-31-28-25-22-19-16-13-14-17-20-23-26-29-32-35-39-41(43)36-4-2/h8-9,11-14,20,23,40H,3-7,10,15-19,21-22,24-39,42H2,1-2H3/b9-8-,12-11-,14-13-,23-20-. The first-order valence-electron chi connectivity index (χ1n) is 19.1. The number of unbranched alkanes of at least 4 members (excludes halogenated alkanes) is 18. The molecule has 2 N–H and O–H groups in total. The van der Waals surface area contributed by atoms with Gasteiger partial charge in [-0.15, -0.1) is 0 Å². The van der Waals surface area contributed by atoms with Crippen LogP contribution in [0.25, 0.3) is 0 Å². The summed E-state index contributed by atoms with van der Waals surface area (Å²) in [6, 6.07) is 0.422. The highest BCUT2D eigenvalue weighted by Gasteiger charge is 2.02. The van der Waals surface area contributed by atoms with Gasteiger partial charge < -0.3 is 5.73 Å². The molecule has 0 radical (unpaired) electrons. The zero-order valence-corrected chi connectivity index (χ0v) is 29.2. The Labute approximate surface area is 270 Å². The monoisotopic (exact) mass is 598 g/mol. The van der Waals surface area contributed by atoms with Gasteiger partial charge >= 0.3 is 0 Å². The van der Waals surface area contributed by atoms with Crippen LogP contribution in [0.15, 0.2) is 48.6 Å². The Kier molecular flexibility index (Phi) is 35.6.